The molecule has 2 aliphatic rings. The highest BCUT2D eigenvalue weighted by Gasteiger charge is 2.56. The standard InChI is InChI=1S/C38H33F3N6O3/c39-29-9-7-26(8-10-29)32-18-28(17-31-19-30(45-47(31)32)22-44-35(49)12-2-24-1-11-34(42)43-21-24)25-3-5-27(6-4-25)36(50)46-15-13-37(14-16-46)23-38(40,41)20-33(37)48/h1-12,17-19,21H,13-16,20,22-23H2,(H2,42,43)(H,44,49)/b12-2+. The summed E-state index contributed by atoms with van der Waals surface area (Å²) in [5.74, 6) is -3.88. The Morgan fingerprint density at radius 2 is 1.64 bits per heavy atom. The first-order chi connectivity index (χ1) is 24.0. The number of amides is 2. The van der Waals surface area contributed by atoms with Gasteiger partial charge in [0.2, 0.25) is 5.91 Å². The SMILES string of the molecule is Nc1ccc(/C=C/C(=O)NCc2cc3cc(-c4ccc(C(=O)N5CCC6(CC5)CC(F)(F)CC6=O)cc4)cc(-c4ccc(F)cc4)n3n2)cn1. The molecule has 1 spiro atoms. The normalized spacial score (nSPS) is 16.8. The Hall–Kier alpha value is -5.78. The fraction of sp³-hybridized carbons (Fsp3) is 0.237. The first-order valence-corrected chi connectivity index (χ1v) is 16.2. The molecule has 0 unspecified atom stereocenters. The zero-order valence-corrected chi connectivity index (χ0v) is 26.9. The smallest absolute Gasteiger partial charge is 0.255 e. The lowest BCUT2D eigenvalue weighted by atomic mass is 9.76. The summed E-state index contributed by atoms with van der Waals surface area (Å²) < 4.78 is 43.5. The van der Waals surface area contributed by atoms with Crippen LogP contribution in [0.15, 0.2) is 91.1 Å². The number of nitrogens with zero attached hydrogens (tertiary/aromatic N) is 4. The van der Waals surface area contributed by atoms with Crippen LogP contribution in [0.3, 0.4) is 0 Å². The van der Waals surface area contributed by atoms with E-state index in [-0.39, 0.29) is 50.1 Å². The maximum Gasteiger partial charge on any atom is 0.255 e. The summed E-state index contributed by atoms with van der Waals surface area (Å²) in [4.78, 5) is 43.9. The minimum Gasteiger partial charge on any atom is -0.384 e. The minimum absolute atomic E-state index is 0.161. The van der Waals surface area contributed by atoms with Crippen LogP contribution in [0.25, 0.3) is 34.0 Å². The molecule has 1 aliphatic carbocycles. The first-order valence-electron chi connectivity index (χ1n) is 16.2. The number of carbonyl (C=O) groups is 3. The van der Waals surface area contributed by atoms with Crippen molar-refractivity contribution in [2.75, 3.05) is 18.8 Å². The molecule has 254 valence electrons. The van der Waals surface area contributed by atoms with Crippen LogP contribution in [0.1, 0.15) is 47.3 Å². The van der Waals surface area contributed by atoms with Crippen LogP contribution in [0.4, 0.5) is 19.0 Å². The summed E-state index contributed by atoms with van der Waals surface area (Å²) in [6.07, 6.45) is 3.94. The van der Waals surface area contributed by atoms with E-state index in [1.54, 1.807) is 58.1 Å². The number of carbonyl (C=O) groups excluding carboxylic acids is 3. The molecular weight excluding hydrogens is 645 g/mol. The lowest BCUT2D eigenvalue weighted by Crippen LogP contribution is -2.45. The molecule has 5 aromatic rings. The van der Waals surface area contributed by atoms with Gasteiger partial charge < -0.3 is 16.0 Å². The lowest BCUT2D eigenvalue weighted by Gasteiger charge is -2.38. The van der Waals surface area contributed by atoms with Crippen molar-refractivity contribution in [3.8, 4) is 22.4 Å². The highest BCUT2D eigenvalue weighted by Crippen LogP contribution is 2.50. The lowest BCUT2D eigenvalue weighted by molar-refractivity contribution is -0.128. The second-order valence-corrected chi connectivity index (χ2v) is 13.0. The monoisotopic (exact) mass is 678 g/mol. The van der Waals surface area contributed by atoms with E-state index in [4.69, 9.17) is 10.8 Å². The Bertz CT molecular complexity index is 2120. The second-order valence-electron chi connectivity index (χ2n) is 13.0. The number of nitrogen functional groups attached to an aromatic ring is 1. The number of alkyl halides is 2. The fourth-order valence-electron chi connectivity index (χ4n) is 6.82. The van der Waals surface area contributed by atoms with Crippen LogP contribution in [0.5, 0.6) is 0 Å². The van der Waals surface area contributed by atoms with Gasteiger partial charge in [0, 0.05) is 48.3 Å². The predicted octanol–water partition coefficient (Wildman–Crippen LogP) is 6.33. The summed E-state index contributed by atoms with van der Waals surface area (Å²) in [7, 11) is 0. The molecule has 12 heteroatoms. The third-order valence-electron chi connectivity index (χ3n) is 9.51. The maximum atomic E-state index is 14.0. The maximum absolute atomic E-state index is 14.0. The van der Waals surface area contributed by atoms with E-state index in [0.29, 0.717) is 22.8 Å². The van der Waals surface area contributed by atoms with E-state index in [1.807, 2.05) is 30.3 Å². The summed E-state index contributed by atoms with van der Waals surface area (Å²) in [5.41, 5.74) is 10.2. The van der Waals surface area contributed by atoms with Crippen molar-refractivity contribution in [3.63, 3.8) is 0 Å². The van der Waals surface area contributed by atoms with Gasteiger partial charge in [-0.1, -0.05) is 12.1 Å². The van der Waals surface area contributed by atoms with E-state index in [9.17, 15) is 27.6 Å². The minimum atomic E-state index is -2.97. The van der Waals surface area contributed by atoms with Gasteiger partial charge in [0.15, 0.2) is 0 Å². The Balaban J connectivity index is 1.09. The van der Waals surface area contributed by atoms with Crippen molar-refractivity contribution >= 4 is 35.0 Å². The number of rotatable bonds is 7. The molecule has 1 saturated heterocycles. The molecule has 1 saturated carbocycles. The molecule has 0 bridgehead atoms. The number of pyridine rings is 2. The molecule has 3 N–H and O–H groups in total. The molecule has 0 radical (unpaired) electrons. The average Bonchev–Trinajstić information content (AvgIpc) is 3.63. The van der Waals surface area contributed by atoms with Crippen molar-refractivity contribution in [2.45, 2.75) is 38.2 Å². The Labute approximate surface area is 285 Å². The molecular formula is C38H33F3N6O3. The summed E-state index contributed by atoms with van der Waals surface area (Å²) >= 11 is 0. The van der Waals surface area contributed by atoms with Crippen LogP contribution in [-0.4, -0.2) is 56.1 Å². The molecule has 2 aromatic carbocycles. The highest BCUT2D eigenvalue weighted by molar-refractivity contribution is 5.95. The van der Waals surface area contributed by atoms with Gasteiger partial charge in [0.25, 0.3) is 11.8 Å². The third kappa shape index (κ3) is 6.73. The van der Waals surface area contributed by atoms with Crippen molar-refractivity contribution in [2.24, 2.45) is 5.41 Å². The average molecular weight is 679 g/mol. The number of likely N-dealkylation sites (tertiary alicyclic amines) is 1. The van der Waals surface area contributed by atoms with Crippen LogP contribution < -0.4 is 11.1 Å². The second kappa shape index (κ2) is 12.9. The van der Waals surface area contributed by atoms with Crippen molar-refractivity contribution < 1.29 is 27.6 Å². The van der Waals surface area contributed by atoms with Gasteiger partial charge in [-0.15, -0.1) is 0 Å². The Morgan fingerprint density at radius 3 is 2.30 bits per heavy atom. The summed E-state index contributed by atoms with van der Waals surface area (Å²) in [5, 5.41) is 7.56. The van der Waals surface area contributed by atoms with E-state index in [2.05, 4.69) is 10.3 Å². The number of piperidine rings is 1. The van der Waals surface area contributed by atoms with Gasteiger partial charge in [-0.2, -0.15) is 5.10 Å². The Kier molecular flexibility index (Phi) is 8.46. The number of fused-ring (bicyclic) bond motifs is 1. The quantitative estimate of drug-likeness (QED) is 0.194. The molecule has 50 heavy (non-hydrogen) atoms. The van der Waals surface area contributed by atoms with Gasteiger partial charge in [0.05, 0.1) is 29.9 Å². The number of hydrogen-bond acceptors (Lipinski definition) is 6. The molecule has 3 aromatic heterocycles. The largest absolute Gasteiger partial charge is 0.384 e. The highest BCUT2D eigenvalue weighted by atomic mass is 19.3. The molecule has 4 heterocycles. The number of aromatic nitrogens is 3. The number of ketones is 1. The number of nitrogens with two attached hydrogens (primary N) is 1. The first kappa shape index (κ1) is 32.8. The van der Waals surface area contributed by atoms with Crippen LogP contribution in [-0.2, 0) is 16.1 Å². The number of benzene rings is 2. The van der Waals surface area contributed by atoms with Gasteiger partial charge in [-0.05, 0) is 102 Å². The molecule has 1 aliphatic heterocycles. The van der Waals surface area contributed by atoms with E-state index in [1.165, 1.54) is 18.2 Å². The Morgan fingerprint density at radius 1 is 0.920 bits per heavy atom. The van der Waals surface area contributed by atoms with Crippen molar-refractivity contribution in [1.29, 1.82) is 0 Å². The zero-order valence-electron chi connectivity index (χ0n) is 26.9. The molecule has 2 amide bonds. The van der Waals surface area contributed by atoms with Gasteiger partial charge >= 0.3 is 0 Å². The topological polar surface area (TPSA) is 123 Å². The van der Waals surface area contributed by atoms with Gasteiger partial charge in [-0.3, -0.25) is 14.4 Å². The van der Waals surface area contributed by atoms with Gasteiger partial charge in [0.1, 0.15) is 17.4 Å². The molecule has 7 rings (SSSR count). The summed E-state index contributed by atoms with van der Waals surface area (Å²) in [6, 6.07) is 22.3. The fourth-order valence-corrected chi connectivity index (χ4v) is 6.82. The number of hydrogen-bond donors (Lipinski definition) is 2. The van der Waals surface area contributed by atoms with Crippen molar-refractivity contribution in [3.05, 3.63) is 114 Å². The molecule has 0 atom stereocenters. The van der Waals surface area contributed by atoms with Crippen LogP contribution in [0, 0.1) is 11.2 Å². The molecule has 9 nitrogen and oxygen atoms in total. The van der Waals surface area contributed by atoms with E-state index >= 15 is 0 Å². The molecule has 2 fully saturated rings. The van der Waals surface area contributed by atoms with Crippen LogP contribution >= 0.6 is 0 Å². The summed E-state index contributed by atoms with van der Waals surface area (Å²) in [6.45, 7) is 0.662. The predicted molar refractivity (Wildman–Crippen MR) is 182 cm³/mol. The number of halogens is 3. The van der Waals surface area contributed by atoms with E-state index in [0.717, 1.165) is 27.8 Å². The number of Topliss-reactive ketones (excluding diaryl/α,β-unsaturated/α-hetero) is 1. The number of anilines is 1. The van der Waals surface area contributed by atoms with E-state index < -0.39 is 30.0 Å². The zero-order chi connectivity index (χ0) is 35.0. The third-order valence-corrected chi connectivity index (χ3v) is 9.51. The van der Waals surface area contributed by atoms with Crippen molar-refractivity contribution in [1.82, 2.24) is 24.8 Å². The van der Waals surface area contributed by atoms with Crippen LogP contribution in [0.2, 0.25) is 0 Å². The number of nitrogens with one attached hydrogen (secondary N) is 1. The van der Waals surface area contributed by atoms with Gasteiger partial charge in [-0.25, -0.2) is 22.7 Å².